The number of aromatic hydroxyl groups is 1. The fourth-order valence-electron chi connectivity index (χ4n) is 1.61. The molecule has 0 heterocycles. The monoisotopic (exact) mass is 285 g/mol. The molecule has 21 heavy (non-hydrogen) atoms. The van der Waals surface area contributed by atoms with E-state index >= 15 is 0 Å². The Morgan fingerprint density at radius 3 is 2.57 bits per heavy atom. The Bertz CT molecular complexity index is 699. The summed E-state index contributed by atoms with van der Waals surface area (Å²) in [5.41, 5.74) is 2.42. The van der Waals surface area contributed by atoms with E-state index in [1.165, 1.54) is 18.2 Å². The number of nitrogens with zero attached hydrogens (tertiary/aromatic N) is 2. The van der Waals surface area contributed by atoms with Crippen LogP contribution in [0.4, 0.5) is 5.69 Å². The van der Waals surface area contributed by atoms with Crippen molar-refractivity contribution in [2.75, 3.05) is 0 Å². The second-order valence-electron chi connectivity index (χ2n) is 4.04. The third-order valence-electron chi connectivity index (χ3n) is 2.65. The number of phenolic OH excluding ortho intramolecular Hbond substituents is 1. The van der Waals surface area contributed by atoms with Crippen LogP contribution in [0, 0.1) is 10.1 Å². The van der Waals surface area contributed by atoms with Gasteiger partial charge in [0.15, 0.2) is 0 Å². The molecule has 0 unspecified atom stereocenters. The Morgan fingerprint density at radius 2 is 1.90 bits per heavy atom. The van der Waals surface area contributed by atoms with E-state index in [0.717, 1.165) is 6.21 Å². The molecule has 7 nitrogen and oxygen atoms in total. The molecule has 0 fully saturated rings. The molecule has 0 aromatic heterocycles. The molecule has 2 aromatic carbocycles. The summed E-state index contributed by atoms with van der Waals surface area (Å²) >= 11 is 0. The molecule has 1 amide bonds. The maximum atomic E-state index is 11.7. The average Bonchev–Trinajstić information content (AvgIpc) is 2.49. The van der Waals surface area contributed by atoms with Crippen LogP contribution in [-0.4, -0.2) is 22.2 Å². The van der Waals surface area contributed by atoms with Gasteiger partial charge in [-0.05, 0) is 18.2 Å². The number of para-hydroxylation sites is 1. The van der Waals surface area contributed by atoms with E-state index in [1.54, 1.807) is 30.3 Å². The SMILES string of the molecule is O=C(N/N=C\c1cccc([N+](=O)[O-])c1O)c1ccccc1. The molecule has 0 aliphatic rings. The molecule has 0 spiro atoms. The van der Waals surface area contributed by atoms with Crippen LogP contribution in [0.25, 0.3) is 0 Å². The number of hydrogen-bond donors (Lipinski definition) is 2. The van der Waals surface area contributed by atoms with Gasteiger partial charge in [-0.1, -0.05) is 24.3 Å². The molecule has 106 valence electrons. The molecule has 2 aromatic rings. The number of nitro benzene ring substituents is 1. The molecule has 0 aliphatic carbocycles. The van der Waals surface area contributed by atoms with Crippen molar-refractivity contribution in [3.05, 3.63) is 69.8 Å². The highest BCUT2D eigenvalue weighted by atomic mass is 16.6. The Balaban J connectivity index is 2.10. The zero-order valence-corrected chi connectivity index (χ0v) is 10.8. The fourth-order valence-corrected chi connectivity index (χ4v) is 1.61. The third kappa shape index (κ3) is 3.41. The van der Waals surface area contributed by atoms with Gasteiger partial charge in [0, 0.05) is 17.2 Å². The lowest BCUT2D eigenvalue weighted by molar-refractivity contribution is -0.385. The molecule has 0 radical (unpaired) electrons. The second kappa shape index (κ2) is 6.29. The van der Waals surface area contributed by atoms with E-state index in [-0.39, 0.29) is 5.56 Å². The highest BCUT2D eigenvalue weighted by Crippen LogP contribution is 2.27. The highest BCUT2D eigenvalue weighted by Gasteiger charge is 2.15. The number of phenols is 1. The van der Waals surface area contributed by atoms with Crippen LogP contribution >= 0.6 is 0 Å². The first-order valence-electron chi connectivity index (χ1n) is 5.94. The summed E-state index contributed by atoms with van der Waals surface area (Å²) < 4.78 is 0. The van der Waals surface area contributed by atoms with Crippen molar-refractivity contribution in [2.45, 2.75) is 0 Å². The first kappa shape index (κ1) is 14.2. The van der Waals surface area contributed by atoms with Crippen LogP contribution in [0.1, 0.15) is 15.9 Å². The fraction of sp³-hybridized carbons (Fsp3) is 0. The van der Waals surface area contributed by atoms with E-state index in [0.29, 0.717) is 5.56 Å². The molecule has 0 aliphatic heterocycles. The molecule has 2 N–H and O–H groups in total. The quantitative estimate of drug-likeness (QED) is 0.509. The lowest BCUT2D eigenvalue weighted by Gasteiger charge is -2.01. The smallest absolute Gasteiger partial charge is 0.311 e. The van der Waals surface area contributed by atoms with Crippen molar-refractivity contribution in [1.29, 1.82) is 0 Å². The molecule has 0 atom stereocenters. The van der Waals surface area contributed by atoms with Crippen LogP contribution in [0.5, 0.6) is 5.75 Å². The highest BCUT2D eigenvalue weighted by molar-refractivity contribution is 5.95. The lowest BCUT2D eigenvalue weighted by Crippen LogP contribution is -2.17. The summed E-state index contributed by atoms with van der Waals surface area (Å²) in [4.78, 5) is 21.7. The van der Waals surface area contributed by atoms with Gasteiger partial charge in [0.2, 0.25) is 5.75 Å². The van der Waals surface area contributed by atoms with Gasteiger partial charge in [0.25, 0.3) is 5.91 Å². The van der Waals surface area contributed by atoms with Crippen LogP contribution in [-0.2, 0) is 0 Å². The summed E-state index contributed by atoms with van der Waals surface area (Å²) in [5, 5.41) is 24.0. The van der Waals surface area contributed by atoms with Crippen LogP contribution in [0.3, 0.4) is 0 Å². The minimum atomic E-state index is -0.699. The minimum Gasteiger partial charge on any atom is -0.502 e. The lowest BCUT2D eigenvalue weighted by atomic mass is 10.2. The maximum Gasteiger partial charge on any atom is 0.311 e. The van der Waals surface area contributed by atoms with Crippen LogP contribution in [0.15, 0.2) is 53.6 Å². The van der Waals surface area contributed by atoms with Crippen molar-refractivity contribution in [3.8, 4) is 5.75 Å². The van der Waals surface area contributed by atoms with Crippen LogP contribution < -0.4 is 5.43 Å². The van der Waals surface area contributed by atoms with Gasteiger partial charge in [-0.2, -0.15) is 5.10 Å². The number of carbonyl (C=O) groups excluding carboxylic acids is 1. The zero-order chi connectivity index (χ0) is 15.2. The predicted octanol–water partition coefficient (Wildman–Crippen LogP) is 2.06. The largest absolute Gasteiger partial charge is 0.502 e. The van der Waals surface area contributed by atoms with Crippen molar-refractivity contribution in [3.63, 3.8) is 0 Å². The minimum absolute atomic E-state index is 0.137. The normalized spacial score (nSPS) is 10.5. The van der Waals surface area contributed by atoms with Crippen LogP contribution in [0.2, 0.25) is 0 Å². The topological polar surface area (TPSA) is 105 Å². The van der Waals surface area contributed by atoms with E-state index in [4.69, 9.17) is 0 Å². The number of rotatable bonds is 4. The van der Waals surface area contributed by atoms with E-state index in [2.05, 4.69) is 10.5 Å². The molecular weight excluding hydrogens is 274 g/mol. The van der Waals surface area contributed by atoms with Crippen molar-refractivity contribution in [2.24, 2.45) is 5.10 Å². The maximum absolute atomic E-state index is 11.7. The van der Waals surface area contributed by atoms with Crippen molar-refractivity contribution >= 4 is 17.8 Å². The van der Waals surface area contributed by atoms with E-state index < -0.39 is 22.3 Å². The Hall–Kier alpha value is -3.22. The Labute approximate surface area is 119 Å². The zero-order valence-electron chi connectivity index (χ0n) is 10.8. The molecule has 0 saturated carbocycles. The molecule has 0 saturated heterocycles. The number of carbonyl (C=O) groups is 1. The molecule has 7 heteroatoms. The summed E-state index contributed by atoms with van der Waals surface area (Å²) in [5.74, 6) is -0.919. The van der Waals surface area contributed by atoms with Gasteiger partial charge in [-0.3, -0.25) is 14.9 Å². The number of nitrogens with one attached hydrogen (secondary N) is 1. The third-order valence-corrected chi connectivity index (χ3v) is 2.65. The van der Waals surface area contributed by atoms with E-state index in [1.807, 2.05) is 0 Å². The van der Waals surface area contributed by atoms with Gasteiger partial charge in [0.1, 0.15) is 0 Å². The predicted molar refractivity (Wildman–Crippen MR) is 76.3 cm³/mol. The number of nitro groups is 1. The average molecular weight is 285 g/mol. The van der Waals surface area contributed by atoms with E-state index in [9.17, 15) is 20.0 Å². The molecule has 0 bridgehead atoms. The van der Waals surface area contributed by atoms with Gasteiger partial charge < -0.3 is 5.11 Å². The van der Waals surface area contributed by atoms with Gasteiger partial charge in [-0.15, -0.1) is 0 Å². The van der Waals surface area contributed by atoms with Gasteiger partial charge >= 0.3 is 5.69 Å². The van der Waals surface area contributed by atoms with Crippen molar-refractivity contribution < 1.29 is 14.8 Å². The second-order valence-corrected chi connectivity index (χ2v) is 4.04. The standard InChI is InChI=1S/C14H11N3O4/c18-13-11(7-4-8-12(13)17(20)21)9-15-16-14(19)10-5-2-1-3-6-10/h1-9,18H,(H,16,19)/b15-9-. The number of benzene rings is 2. The first-order valence-corrected chi connectivity index (χ1v) is 5.94. The van der Waals surface area contributed by atoms with Crippen molar-refractivity contribution in [1.82, 2.24) is 5.43 Å². The summed E-state index contributed by atoms with van der Waals surface area (Å²) in [7, 11) is 0. The first-order chi connectivity index (χ1) is 10.1. The van der Waals surface area contributed by atoms with Gasteiger partial charge in [0.05, 0.1) is 11.1 Å². The molecule has 2 rings (SSSR count). The summed E-state index contributed by atoms with van der Waals surface area (Å²) in [6, 6.07) is 12.5. The number of amides is 1. The molecular formula is C14H11N3O4. The van der Waals surface area contributed by atoms with Gasteiger partial charge in [-0.25, -0.2) is 5.43 Å². The Morgan fingerprint density at radius 1 is 1.19 bits per heavy atom. The summed E-state index contributed by atoms with van der Waals surface area (Å²) in [6.07, 6.45) is 1.14. The summed E-state index contributed by atoms with van der Waals surface area (Å²) in [6.45, 7) is 0. The number of hydrogen-bond acceptors (Lipinski definition) is 5. The number of hydrazone groups is 1. The Kier molecular flexibility index (Phi) is 4.25.